The van der Waals surface area contributed by atoms with Crippen LogP contribution in [0.15, 0.2) is 109 Å². The van der Waals surface area contributed by atoms with Crippen LogP contribution < -0.4 is 0 Å². The molecule has 0 N–H and O–H groups in total. The van der Waals surface area contributed by atoms with Crippen molar-refractivity contribution in [3.63, 3.8) is 0 Å². The molecule has 1 aliphatic carbocycles. The number of fused-ring (bicyclic) bond motifs is 3. The Morgan fingerprint density at radius 3 is 1.78 bits per heavy atom. The first kappa shape index (κ1) is 18.8. The molecule has 0 spiro atoms. The van der Waals surface area contributed by atoms with Crippen LogP contribution in [-0.2, 0) is 6.42 Å². The van der Waals surface area contributed by atoms with Crippen LogP contribution in [0.5, 0.6) is 0 Å². The van der Waals surface area contributed by atoms with Gasteiger partial charge >= 0.3 is 0 Å². The molecular weight excluding hydrogens is 384 g/mol. The smallest absolute Gasteiger partial charge is 0.00263 e. The van der Waals surface area contributed by atoms with Gasteiger partial charge in [0.25, 0.3) is 0 Å². The highest BCUT2D eigenvalue weighted by Crippen LogP contribution is 2.43. The standard InChI is InChI=1S/C32H24/c1-22-17-19-24(20-18-22)31-27-13-4-6-15-29(27)32(30-16-7-5-14-28(30)31)26-12-8-11-23-9-2-3-10-25(23)21-26/h2-10,12-21H,11H2,1H3. The molecule has 5 aromatic rings. The first-order valence-corrected chi connectivity index (χ1v) is 11.3. The second-order valence-corrected chi connectivity index (χ2v) is 8.61. The molecule has 0 radical (unpaired) electrons. The fourth-order valence-corrected chi connectivity index (χ4v) is 5.02. The molecule has 0 bridgehead atoms. The lowest BCUT2D eigenvalue weighted by Gasteiger charge is -2.18. The Morgan fingerprint density at radius 2 is 1.12 bits per heavy atom. The summed E-state index contributed by atoms with van der Waals surface area (Å²) < 4.78 is 0. The summed E-state index contributed by atoms with van der Waals surface area (Å²) in [5, 5.41) is 5.21. The van der Waals surface area contributed by atoms with E-state index >= 15 is 0 Å². The van der Waals surface area contributed by atoms with E-state index in [4.69, 9.17) is 0 Å². The van der Waals surface area contributed by atoms with Gasteiger partial charge in [-0.3, -0.25) is 0 Å². The molecule has 5 aromatic carbocycles. The average molecular weight is 409 g/mol. The molecule has 6 rings (SSSR count). The first-order valence-electron chi connectivity index (χ1n) is 11.3. The number of aryl methyl sites for hydroxylation is 1. The van der Waals surface area contributed by atoms with Crippen LogP contribution in [0.25, 0.3) is 44.3 Å². The number of hydrogen-bond donors (Lipinski definition) is 0. The summed E-state index contributed by atoms with van der Waals surface area (Å²) in [4.78, 5) is 0. The summed E-state index contributed by atoms with van der Waals surface area (Å²) in [6.07, 6.45) is 7.93. The maximum Gasteiger partial charge on any atom is -0.00263 e. The summed E-state index contributed by atoms with van der Waals surface area (Å²) in [6.45, 7) is 2.14. The zero-order valence-corrected chi connectivity index (χ0v) is 18.2. The average Bonchev–Trinajstić information content (AvgIpc) is 3.05. The molecule has 0 amide bonds. The van der Waals surface area contributed by atoms with Crippen molar-refractivity contribution in [3.05, 3.63) is 131 Å². The topological polar surface area (TPSA) is 0 Å². The van der Waals surface area contributed by atoms with E-state index in [0.29, 0.717) is 0 Å². The highest BCUT2D eigenvalue weighted by Gasteiger charge is 2.17. The Hall–Kier alpha value is -3.90. The van der Waals surface area contributed by atoms with Crippen LogP contribution in [-0.4, -0.2) is 0 Å². The van der Waals surface area contributed by atoms with Crippen LogP contribution in [0.1, 0.15) is 22.3 Å². The second kappa shape index (κ2) is 7.66. The molecule has 0 unspecified atom stereocenters. The maximum absolute atomic E-state index is 2.36. The van der Waals surface area contributed by atoms with Gasteiger partial charge in [0.05, 0.1) is 0 Å². The molecule has 152 valence electrons. The second-order valence-electron chi connectivity index (χ2n) is 8.61. The van der Waals surface area contributed by atoms with Gasteiger partial charge in [-0.25, -0.2) is 0 Å². The molecule has 0 fully saturated rings. The highest BCUT2D eigenvalue weighted by atomic mass is 14.2. The van der Waals surface area contributed by atoms with Crippen LogP contribution in [0.2, 0.25) is 0 Å². The van der Waals surface area contributed by atoms with E-state index in [0.717, 1.165) is 6.42 Å². The highest BCUT2D eigenvalue weighted by molar-refractivity contribution is 6.20. The Bertz CT molecular complexity index is 1470. The lowest BCUT2D eigenvalue weighted by atomic mass is 9.85. The summed E-state index contributed by atoms with van der Waals surface area (Å²) in [5.41, 5.74) is 9.15. The Balaban J connectivity index is 1.74. The minimum atomic E-state index is 0.966. The van der Waals surface area contributed by atoms with Crippen molar-refractivity contribution < 1.29 is 0 Å². The summed E-state index contributed by atoms with van der Waals surface area (Å²) in [5.74, 6) is 0. The predicted molar refractivity (Wildman–Crippen MR) is 139 cm³/mol. The quantitative estimate of drug-likeness (QED) is 0.256. The number of rotatable bonds is 2. The van der Waals surface area contributed by atoms with Gasteiger partial charge in [-0.2, -0.15) is 0 Å². The van der Waals surface area contributed by atoms with E-state index in [-0.39, 0.29) is 0 Å². The van der Waals surface area contributed by atoms with Crippen molar-refractivity contribution in [3.8, 4) is 11.1 Å². The molecule has 0 heterocycles. The van der Waals surface area contributed by atoms with Crippen LogP contribution in [0.3, 0.4) is 0 Å². The van der Waals surface area contributed by atoms with E-state index in [1.54, 1.807) is 0 Å². The number of hydrogen-bond acceptors (Lipinski definition) is 0. The van der Waals surface area contributed by atoms with E-state index in [2.05, 4.69) is 122 Å². The van der Waals surface area contributed by atoms with Crippen molar-refractivity contribution >= 4 is 33.2 Å². The monoisotopic (exact) mass is 408 g/mol. The van der Waals surface area contributed by atoms with Crippen LogP contribution in [0.4, 0.5) is 0 Å². The summed E-state index contributed by atoms with van der Waals surface area (Å²) >= 11 is 0. The van der Waals surface area contributed by atoms with E-state index in [9.17, 15) is 0 Å². The fourth-order valence-electron chi connectivity index (χ4n) is 5.02. The van der Waals surface area contributed by atoms with Gasteiger partial charge < -0.3 is 0 Å². The van der Waals surface area contributed by atoms with Crippen LogP contribution >= 0.6 is 0 Å². The number of benzene rings is 5. The van der Waals surface area contributed by atoms with Crippen LogP contribution in [0, 0.1) is 6.92 Å². The molecule has 0 aliphatic heterocycles. The molecule has 0 aromatic heterocycles. The third-order valence-electron chi connectivity index (χ3n) is 6.56. The van der Waals surface area contributed by atoms with Crippen molar-refractivity contribution in [1.82, 2.24) is 0 Å². The van der Waals surface area contributed by atoms with Gasteiger partial charge in [0, 0.05) is 0 Å². The number of allylic oxidation sites excluding steroid dienone is 3. The minimum absolute atomic E-state index is 0.966. The largest absolute Gasteiger partial charge is 0.0795 e. The first-order chi connectivity index (χ1) is 15.8. The van der Waals surface area contributed by atoms with Crippen molar-refractivity contribution in [2.75, 3.05) is 0 Å². The molecule has 0 nitrogen and oxygen atoms in total. The zero-order chi connectivity index (χ0) is 21.5. The van der Waals surface area contributed by atoms with Gasteiger partial charge in [0.2, 0.25) is 0 Å². The third-order valence-corrected chi connectivity index (χ3v) is 6.56. The van der Waals surface area contributed by atoms with E-state index in [1.165, 1.54) is 60.5 Å². The zero-order valence-electron chi connectivity index (χ0n) is 18.2. The molecule has 32 heavy (non-hydrogen) atoms. The third kappa shape index (κ3) is 3.08. The molecular formula is C32H24. The molecule has 0 saturated carbocycles. The Kier molecular flexibility index (Phi) is 4.51. The van der Waals surface area contributed by atoms with Crippen molar-refractivity contribution in [2.24, 2.45) is 0 Å². The van der Waals surface area contributed by atoms with Gasteiger partial charge in [0.15, 0.2) is 0 Å². The van der Waals surface area contributed by atoms with Crippen molar-refractivity contribution in [2.45, 2.75) is 13.3 Å². The minimum Gasteiger partial charge on any atom is -0.0795 e. The Labute approximate surface area is 189 Å². The van der Waals surface area contributed by atoms with Gasteiger partial charge in [-0.1, -0.05) is 115 Å². The lowest BCUT2D eigenvalue weighted by molar-refractivity contribution is 1.27. The summed E-state index contributed by atoms with van der Waals surface area (Å²) in [6, 6.07) is 35.4. The van der Waals surface area contributed by atoms with Gasteiger partial charge in [-0.05, 0) is 74.4 Å². The summed E-state index contributed by atoms with van der Waals surface area (Å²) in [7, 11) is 0. The van der Waals surface area contributed by atoms with Gasteiger partial charge in [0.1, 0.15) is 0 Å². The van der Waals surface area contributed by atoms with Crippen molar-refractivity contribution in [1.29, 1.82) is 0 Å². The lowest BCUT2D eigenvalue weighted by Crippen LogP contribution is -1.93. The van der Waals surface area contributed by atoms with E-state index in [1.807, 2.05) is 0 Å². The van der Waals surface area contributed by atoms with E-state index < -0.39 is 0 Å². The molecule has 1 aliphatic rings. The molecule has 0 atom stereocenters. The van der Waals surface area contributed by atoms with Gasteiger partial charge in [-0.15, -0.1) is 0 Å². The fraction of sp³-hybridized carbons (Fsp3) is 0.0625. The SMILES string of the molecule is Cc1ccc(-c2c3ccccc3c(C3=Cc4ccccc4CC=C3)c3ccccc23)cc1. The normalized spacial score (nSPS) is 13.1. The molecule has 0 heteroatoms. The molecule has 0 saturated heterocycles. The predicted octanol–water partition coefficient (Wildman–Crippen LogP) is 8.62. The maximum atomic E-state index is 2.36. The Morgan fingerprint density at radius 1 is 0.562 bits per heavy atom.